The summed E-state index contributed by atoms with van der Waals surface area (Å²) >= 11 is 0. The van der Waals surface area contributed by atoms with Crippen LogP contribution in [0.3, 0.4) is 0 Å². The molecule has 3 rings (SSSR count). The van der Waals surface area contributed by atoms with Gasteiger partial charge in [0.15, 0.2) is 0 Å². The number of ether oxygens (including phenoxy) is 2. The number of nitrogens with zero attached hydrogens (tertiary/aromatic N) is 5. The number of carbonyl (C=O) groups excluding carboxylic acids is 1. The van der Waals surface area contributed by atoms with Gasteiger partial charge in [-0.15, -0.1) is 5.10 Å². The SMILES string of the molecule is CCCC(C)(C)N(C)C(=O)OCc1c(-c2ccc(O[C@H]3CCC[C@H](C(=O)O)C3)c(C)n2)nnn1C. The number of carboxylic acids is 1. The van der Waals surface area contributed by atoms with Crippen molar-refractivity contribution in [3.63, 3.8) is 0 Å². The van der Waals surface area contributed by atoms with E-state index in [9.17, 15) is 14.7 Å². The minimum absolute atomic E-state index is 0.0157. The minimum Gasteiger partial charge on any atom is -0.489 e. The van der Waals surface area contributed by atoms with Crippen molar-refractivity contribution < 1.29 is 24.2 Å². The summed E-state index contributed by atoms with van der Waals surface area (Å²) in [6, 6.07) is 3.62. The van der Waals surface area contributed by atoms with E-state index in [2.05, 4.69) is 22.2 Å². The molecule has 2 aromatic rings. The summed E-state index contributed by atoms with van der Waals surface area (Å²) in [5.41, 5.74) is 2.14. The van der Waals surface area contributed by atoms with Gasteiger partial charge in [0, 0.05) is 19.6 Å². The molecule has 1 aliphatic carbocycles. The second-order valence-electron chi connectivity index (χ2n) is 9.91. The summed E-state index contributed by atoms with van der Waals surface area (Å²) in [5, 5.41) is 17.7. The van der Waals surface area contributed by atoms with Crippen LogP contribution in [0.4, 0.5) is 4.79 Å². The van der Waals surface area contributed by atoms with E-state index in [1.165, 1.54) is 0 Å². The molecule has 1 saturated carbocycles. The maximum Gasteiger partial charge on any atom is 0.410 e. The van der Waals surface area contributed by atoms with Gasteiger partial charge in [-0.3, -0.25) is 4.79 Å². The van der Waals surface area contributed by atoms with E-state index in [4.69, 9.17) is 9.47 Å². The number of hydrogen-bond donors (Lipinski definition) is 1. The zero-order chi connectivity index (χ0) is 25.8. The third-order valence-electron chi connectivity index (χ3n) is 6.87. The van der Waals surface area contributed by atoms with E-state index < -0.39 is 12.1 Å². The van der Waals surface area contributed by atoms with E-state index in [1.54, 1.807) is 29.7 Å². The first-order valence-corrected chi connectivity index (χ1v) is 12.2. The van der Waals surface area contributed by atoms with Crippen molar-refractivity contribution in [1.29, 1.82) is 0 Å². The smallest absolute Gasteiger partial charge is 0.410 e. The fourth-order valence-electron chi connectivity index (χ4n) is 4.45. The Labute approximate surface area is 206 Å². The Morgan fingerprint density at radius 2 is 2.03 bits per heavy atom. The first-order chi connectivity index (χ1) is 16.5. The normalized spacial score (nSPS) is 18.2. The Bertz CT molecular complexity index is 1050. The standard InChI is InChI=1S/C25H37N5O5/c1-7-13-25(3,4)29(5)24(33)34-15-20-22(27-28-30(20)6)19-11-12-21(16(2)26-19)35-18-10-8-9-17(14-18)23(31)32/h11-12,17-18H,7-10,13-15H2,1-6H3,(H,31,32)/t17-,18-/m0/s1. The largest absolute Gasteiger partial charge is 0.489 e. The van der Waals surface area contributed by atoms with Crippen LogP contribution in [0.25, 0.3) is 11.4 Å². The Hall–Kier alpha value is -3.17. The minimum atomic E-state index is -0.764. The van der Waals surface area contributed by atoms with Gasteiger partial charge in [-0.2, -0.15) is 0 Å². The van der Waals surface area contributed by atoms with Gasteiger partial charge in [0.05, 0.1) is 23.4 Å². The summed E-state index contributed by atoms with van der Waals surface area (Å²) < 4.78 is 13.3. The maximum atomic E-state index is 12.7. The van der Waals surface area contributed by atoms with Crippen LogP contribution in [0.1, 0.15) is 70.7 Å². The second-order valence-corrected chi connectivity index (χ2v) is 9.91. The van der Waals surface area contributed by atoms with Crippen LogP contribution < -0.4 is 4.74 Å². The first kappa shape index (κ1) is 26.4. The number of aryl methyl sites for hydroxylation is 2. The molecular formula is C25H37N5O5. The molecule has 0 saturated heterocycles. The van der Waals surface area contributed by atoms with Crippen molar-refractivity contribution >= 4 is 12.1 Å². The molecule has 2 heterocycles. The van der Waals surface area contributed by atoms with Crippen LogP contribution in [-0.4, -0.2) is 60.7 Å². The van der Waals surface area contributed by atoms with E-state index in [1.807, 2.05) is 26.8 Å². The number of amides is 1. The van der Waals surface area contributed by atoms with Gasteiger partial charge in [0.25, 0.3) is 0 Å². The zero-order valence-corrected chi connectivity index (χ0v) is 21.6. The van der Waals surface area contributed by atoms with Gasteiger partial charge in [0.2, 0.25) is 0 Å². The summed E-state index contributed by atoms with van der Waals surface area (Å²) in [6.45, 7) is 7.97. The van der Waals surface area contributed by atoms with E-state index >= 15 is 0 Å². The molecular weight excluding hydrogens is 450 g/mol. The van der Waals surface area contributed by atoms with Gasteiger partial charge in [-0.05, 0) is 65.0 Å². The molecule has 35 heavy (non-hydrogen) atoms. The van der Waals surface area contributed by atoms with Crippen molar-refractivity contribution in [1.82, 2.24) is 24.9 Å². The monoisotopic (exact) mass is 487 g/mol. The molecule has 0 spiro atoms. The molecule has 2 atom stereocenters. The molecule has 0 unspecified atom stereocenters. The van der Waals surface area contributed by atoms with E-state index in [-0.39, 0.29) is 24.2 Å². The highest BCUT2D eigenvalue weighted by molar-refractivity contribution is 5.70. The van der Waals surface area contributed by atoms with Crippen LogP contribution in [0.2, 0.25) is 0 Å². The topological polar surface area (TPSA) is 120 Å². The maximum absolute atomic E-state index is 12.7. The van der Waals surface area contributed by atoms with Crippen molar-refractivity contribution in [2.45, 2.75) is 84.5 Å². The van der Waals surface area contributed by atoms with Crippen molar-refractivity contribution in [2.24, 2.45) is 13.0 Å². The fraction of sp³-hybridized carbons (Fsp3) is 0.640. The van der Waals surface area contributed by atoms with E-state index in [0.717, 1.165) is 25.7 Å². The molecule has 1 aliphatic rings. The predicted molar refractivity (Wildman–Crippen MR) is 130 cm³/mol. The highest BCUT2D eigenvalue weighted by atomic mass is 16.6. The number of carboxylic acid groups (broad SMARTS) is 1. The molecule has 1 N–H and O–H groups in total. The summed E-state index contributed by atoms with van der Waals surface area (Å²) in [4.78, 5) is 30.3. The summed E-state index contributed by atoms with van der Waals surface area (Å²) in [7, 11) is 3.49. The van der Waals surface area contributed by atoms with Gasteiger partial charge in [0.1, 0.15) is 23.7 Å². The molecule has 10 heteroatoms. The Kier molecular flexibility index (Phi) is 8.34. The quantitative estimate of drug-likeness (QED) is 0.554. The number of aliphatic carboxylic acids is 1. The van der Waals surface area contributed by atoms with Gasteiger partial charge >= 0.3 is 12.1 Å². The highest BCUT2D eigenvalue weighted by Gasteiger charge is 2.30. The van der Waals surface area contributed by atoms with Crippen molar-refractivity contribution in [2.75, 3.05) is 7.05 Å². The third kappa shape index (κ3) is 6.29. The van der Waals surface area contributed by atoms with Crippen molar-refractivity contribution in [3.05, 3.63) is 23.5 Å². The van der Waals surface area contributed by atoms with Gasteiger partial charge < -0.3 is 19.5 Å². The molecule has 0 aromatic carbocycles. The Balaban J connectivity index is 1.71. The zero-order valence-electron chi connectivity index (χ0n) is 21.6. The number of carbonyl (C=O) groups is 2. The molecule has 192 valence electrons. The van der Waals surface area contributed by atoms with Crippen LogP contribution in [0.15, 0.2) is 12.1 Å². The summed E-state index contributed by atoms with van der Waals surface area (Å²) in [5.74, 6) is -0.501. The van der Waals surface area contributed by atoms with Crippen LogP contribution in [0.5, 0.6) is 5.75 Å². The van der Waals surface area contributed by atoms with Crippen LogP contribution >= 0.6 is 0 Å². The number of rotatable bonds is 9. The van der Waals surface area contributed by atoms with Gasteiger partial charge in [-0.25, -0.2) is 14.5 Å². The second kappa shape index (κ2) is 11.0. The Morgan fingerprint density at radius 1 is 1.29 bits per heavy atom. The molecule has 0 bridgehead atoms. The average molecular weight is 488 g/mol. The Morgan fingerprint density at radius 3 is 2.69 bits per heavy atom. The fourth-order valence-corrected chi connectivity index (χ4v) is 4.45. The molecule has 0 aliphatic heterocycles. The number of aromatic nitrogens is 4. The number of pyridine rings is 1. The first-order valence-electron chi connectivity index (χ1n) is 12.2. The lowest BCUT2D eigenvalue weighted by atomic mass is 9.87. The molecule has 1 amide bonds. The van der Waals surface area contributed by atoms with E-state index in [0.29, 0.717) is 41.4 Å². The lowest BCUT2D eigenvalue weighted by Gasteiger charge is -2.34. The molecule has 1 fully saturated rings. The van der Waals surface area contributed by atoms with Crippen molar-refractivity contribution in [3.8, 4) is 17.1 Å². The average Bonchev–Trinajstić information content (AvgIpc) is 3.18. The lowest BCUT2D eigenvalue weighted by molar-refractivity contribution is -0.143. The third-order valence-corrected chi connectivity index (χ3v) is 6.87. The lowest BCUT2D eigenvalue weighted by Crippen LogP contribution is -2.45. The van der Waals surface area contributed by atoms with Gasteiger partial charge in [-0.1, -0.05) is 18.6 Å². The van der Waals surface area contributed by atoms with Crippen LogP contribution in [0, 0.1) is 12.8 Å². The molecule has 10 nitrogen and oxygen atoms in total. The molecule has 2 aromatic heterocycles. The highest BCUT2D eigenvalue weighted by Crippen LogP contribution is 2.30. The molecule has 0 radical (unpaired) electrons. The predicted octanol–water partition coefficient (Wildman–Crippen LogP) is 4.35. The number of hydrogen-bond acceptors (Lipinski definition) is 7. The summed E-state index contributed by atoms with van der Waals surface area (Å²) in [6.07, 6.45) is 4.13. The van der Waals surface area contributed by atoms with Crippen LogP contribution in [-0.2, 0) is 23.2 Å².